The third kappa shape index (κ3) is 6.83. The Labute approximate surface area is 199 Å². The standard InChI is InChI=1S/C25H28ClN3O4/c1-28(17-23(30)27-21-16-20(26)9-10-22(21)33-2)25(32)19-12-14-29(15-13-19)24(31)11-8-18-6-4-3-5-7-18/h3-11,16,19H,12-15,17H2,1-2H3,(H,27,30)/b11-8+. The number of piperidine rings is 1. The molecular weight excluding hydrogens is 442 g/mol. The van der Waals surface area contributed by atoms with Crippen molar-refractivity contribution in [1.82, 2.24) is 9.80 Å². The van der Waals surface area contributed by atoms with Crippen molar-refractivity contribution in [3.05, 3.63) is 65.2 Å². The highest BCUT2D eigenvalue weighted by atomic mass is 35.5. The highest BCUT2D eigenvalue weighted by Gasteiger charge is 2.29. The van der Waals surface area contributed by atoms with Gasteiger partial charge in [-0.05, 0) is 42.7 Å². The number of likely N-dealkylation sites (tertiary alicyclic amines) is 1. The zero-order chi connectivity index (χ0) is 23.8. The molecule has 0 aliphatic carbocycles. The molecule has 33 heavy (non-hydrogen) atoms. The summed E-state index contributed by atoms with van der Waals surface area (Å²) in [6, 6.07) is 14.6. The van der Waals surface area contributed by atoms with E-state index in [4.69, 9.17) is 16.3 Å². The van der Waals surface area contributed by atoms with E-state index in [9.17, 15) is 14.4 Å². The molecule has 2 aromatic rings. The van der Waals surface area contributed by atoms with E-state index < -0.39 is 0 Å². The van der Waals surface area contributed by atoms with Crippen LogP contribution >= 0.6 is 11.6 Å². The fourth-order valence-corrected chi connectivity index (χ4v) is 3.93. The highest BCUT2D eigenvalue weighted by molar-refractivity contribution is 6.31. The number of amides is 3. The highest BCUT2D eigenvalue weighted by Crippen LogP contribution is 2.27. The number of hydrogen-bond acceptors (Lipinski definition) is 4. The number of ether oxygens (including phenoxy) is 1. The maximum absolute atomic E-state index is 12.8. The van der Waals surface area contributed by atoms with Gasteiger partial charge < -0.3 is 19.9 Å². The summed E-state index contributed by atoms with van der Waals surface area (Å²) in [7, 11) is 3.11. The molecule has 0 bridgehead atoms. The Bertz CT molecular complexity index is 1020. The second-order valence-electron chi connectivity index (χ2n) is 7.93. The molecule has 1 fully saturated rings. The van der Waals surface area contributed by atoms with Crippen LogP contribution in [0.5, 0.6) is 5.75 Å². The maximum Gasteiger partial charge on any atom is 0.246 e. The van der Waals surface area contributed by atoms with Gasteiger partial charge in [0.15, 0.2) is 0 Å². The average molecular weight is 470 g/mol. The number of nitrogens with one attached hydrogen (secondary N) is 1. The van der Waals surface area contributed by atoms with E-state index >= 15 is 0 Å². The maximum atomic E-state index is 12.8. The summed E-state index contributed by atoms with van der Waals surface area (Å²) in [5, 5.41) is 3.21. The predicted molar refractivity (Wildman–Crippen MR) is 129 cm³/mol. The molecule has 1 aliphatic heterocycles. The second kappa shape index (κ2) is 11.5. The lowest BCUT2D eigenvalue weighted by molar-refractivity contribution is -0.140. The Morgan fingerprint density at radius 3 is 2.52 bits per heavy atom. The summed E-state index contributed by atoms with van der Waals surface area (Å²) in [5.74, 6) is -0.237. The lowest BCUT2D eigenvalue weighted by Gasteiger charge is -2.32. The summed E-state index contributed by atoms with van der Waals surface area (Å²) < 4.78 is 5.23. The number of rotatable bonds is 7. The SMILES string of the molecule is COc1ccc(Cl)cc1NC(=O)CN(C)C(=O)C1CCN(C(=O)/C=C/c2ccccc2)CC1. The van der Waals surface area contributed by atoms with Gasteiger partial charge in [-0.1, -0.05) is 41.9 Å². The minimum Gasteiger partial charge on any atom is -0.495 e. The van der Waals surface area contributed by atoms with Gasteiger partial charge in [-0.2, -0.15) is 0 Å². The summed E-state index contributed by atoms with van der Waals surface area (Å²) in [5.41, 5.74) is 1.41. The van der Waals surface area contributed by atoms with E-state index in [2.05, 4.69) is 5.32 Å². The Morgan fingerprint density at radius 1 is 1.15 bits per heavy atom. The number of halogens is 1. The van der Waals surface area contributed by atoms with Gasteiger partial charge in [-0.3, -0.25) is 14.4 Å². The van der Waals surface area contributed by atoms with Crippen LogP contribution in [0, 0.1) is 5.92 Å². The van der Waals surface area contributed by atoms with Gasteiger partial charge in [0.05, 0.1) is 19.3 Å². The summed E-state index contributed by atoms with van der Waals surface area (Å²) in [6.07, 6.45) is 4.49. The van der Waals surface area contributed by atoms with Gasteiger partial charge in [0.1, 0.15) is 5.75 Å². The molecule has 1 saturated heterocycles. The van der Waals surface area contributed by atoms with Crippen LogP contribution in [0.4, 0.5) is 5.69 Å². The number of anilines is 1. The molecule has 1 aliphatic rings. The summed E-state index contributed by atoms with van der Waals surface area (Å²) in [4.78, 5) is 40.9. The molecular formula is C25H28ClN3O4. The molecule has 0 atom stereocenters. The molecule has 7 nitrogen and oxygen atoms in total. The quantitative estimate of drug-likeness (QED) is 0.627. The smallest absolute Gasteiger partial charge is 0.246 e. The van der Waals surface area contributed by atoms with Crippen molar-refractivity contribution in [2.75, 3.05) is 39.1 Å². The number of nitrogens with zero attached hydrogens (tertiary/aromatic N) is 2. The van der Waals surface area contributed by atoms with Crippen LogP contribution < -0.4 is 10.1 Å². The fourth-order valence-electron chi connectivity index (χ4n) is 3.76. The Balaban J connectivity index is 1.48. The first-order chi connectivity index (χ1) is 15.9. The molecule has 1 N–H and O–H groups in total. The third-order valence-corrected chi connectivity index (χ3v) is 5.80. The molecule has 3 rings (SSSR count). The third-order valence-electron chi connectivity index (χ3n) is 5.57. The van der Waals surface area contributed by atoms with Gasteiger partial charge in [0.25, 0.3) is 0 Å². The Kier molecular flexibility index (Phi) is 8.49. The van der Waals surface area contributed by atoms with Gasteiger partial charge >= 0.3 is 0 Å². The van der Waals surface area contributed by atoms with Gasteiger partial charge in [-0.25, -0.2) is 0 Å². The van der Waals surface area contributed by atoms with E-state index in [1.807, 2.05) is 30.3 Å². The van der Waals surface area contributed by atoms with Crippen molar-refractivity contribution in [3.8, 4) is 5.75 Å². The van der Waals surface area contributed by atoms with Gasteiger partial charge in [0.2, 0.25) is 17.7 Å². The van der Waals surface area contributed by atoms with E-state index in [-0.39, 0.29) is 30.2 Å². The molecule has 0 saturated carbocycles. The number of carbonyl (C=O) groups excluding carboxylic acids is 3. The Hall–Kier alpha value is -3.32. The van der Waals surface area contributed by atoms with Crippen molar-refractivity contribution in [3.63, 3.8) is 0 Å². The van der Waals surface area contributed by atoms with Crippen molar-refractivity contribution in [2.24, 2.45) is 5.92 Å². The molecule has 0 radical (unpaired) electrons. The van der Waals surface area contributed by atoms with Crippen molar-refractivity contribution in [2.45, 2.75) is 12.8 Å². The fraction of sp³-hybridized carbons (Fsp3) is 0.320. The number of likely N-dealkylation sites (N-methyl/N-ethyl adjacent to an activating group) is 1. The predicted octanol–water partition coefficient (Wildman–Crippen LogP) is 3.70. The van der Waals surface area contributed by atoms with Gasteiger partial charge in [0, 0.05) is 37.2 Å². The van der Waals surface area contributed by atoms with E-state index in [1.54, 1.807) is 42.3 Å². The molecule has 1 heterocycles. The van der Waals surface area contributed by atoms with E-state index in [1.165, 1.54) is 12.0 Å². The minimum absolute atomic E-state index is 0.0621. The second-order valence-corrected chi connectivity index (χ2v) is 8.37. The molecule has 8 heteroatoms. The zero-order valence-electron chi connectivity index (χ0n) is 18.8. The summed E-state index contributed by atoms with van der Waals surface area (Å²) >= 11 is 6.00. The van der Waals surface area contributed by atoms with E-state index in [0.29, 0.717) is 42.4 Å². The first-order valence-electron chi connectivity index (χ1n) is 10.8. The molecule has 0 unspecified atom stereocenters. The zero-order valence-corrected chi connectivity index (χ0v) is 19.5. The van der Waals surface area contributed by atoms with Crippen molar-refractivity contribution in [1.29, 1.82) is 0 Å². The average Bonchev–Trinajstić information content (AvgIpc) is 2.83. The summed E-state index contributed by atoms with van der Waals surface area (Å²) in [6.45, 7) is 0.926. The molecule has 2 aromatic carbocycles. The van der Waals surface area contributed by atoms with E-state index in [0.717, 1.165) is 5.56 Å². The number of carbonyl (C=O) groups is 3. The Morgan fingerprint density at radius 2 is 1.85 bits per heavy atom. The number of hydrogen-bond donors (Lipinski definition) is 1. The molecule has 0 aromatic heterocycles. The van der Waals surface area contributed by atoms with Crippen LogP contribution in [0.3, 0.4) is 0 Å². The lowest BCUT2D eigenvalue weighted by atomic mass is 9.95. The minimum atomic E-state index is -0.343. The van der Waals surface area contributed by atoms with Crippen LogP contribution in [-0.4, -0.2) is 61.3 Å². The first-order valence-corrected chi connectivity index (χ1v) is 11.2. The van der Waals surface area contributed by atoms with Crippen LogP contribution in [0.2, 0.25) is 5.02 Å². The van der Waals surface area contributed by atoms with Crippen molar-refractivity contribution >= 4 is 41.1 Å². The lowest BCUT2D eigenvalue weighted by Crippen LogP contribution is -2.44. The van der Waals surface area contributed by atoms with Crippen molar-refractivity contribution < 1.29 is 19.1 Å². The number of methoxy groups -OCH3 is 1. The molecule has 0 spiro atoms. The first kappa shape index (κ1) is 24.3. The molecule has 174 valence electrons. The van der Waals surface area contributed by atoms with Crippen LogP contribution in [-0.2, 0) is 14.4 Å². The van der Waals surface area contributed by atoms with Crippen LogP contribution in [0.1, 0.15) is 18.4 Å². The van der Waals surface area contributed by atoms with Crippen LogP contribution in [0.15, 0.2) is 54.6 Å². The van der Waals surface area contributed by atoms with Gasteiger partial charge in [-0.15, -0.1) is 0 Å². The number of benzene rings is 2. The topological polar surface area (TPSA) is 79.0 Å². The molecule has 3 amide bonds. The normalized spacial score (nSPS) is 14.2. The monoisotopic (exact) mass is 469 g/mol. The largest absolute Gasteiger partial charge is 0.495 e. The van der Waals surface area contributed by atoms with Crippen LogP contribution in [0.25, 0.3) is 6.08 Å².